The molecule has 1 aromatic carbocycles. The molecule has 0 saturated heterocycles. The average Bonchev–Trinajstić information content (AvgIpc) is 2.91. The third kappa shape index (κ3) is 2.35. The summed E-state index contributed by atoms with van der Waals surface area (Å²) in [7, 11) is 0. The van der Waals surface area contributed by atoms with Gasteiger partial charge < -0.3 is 4.90 Å². The van der Waals surface area contributed by atoms with E-state index in [4.69, 9.17) is 11.6 Å². The highest BCUT2D eigenvalue weighted by Gasteiger charge is 2.35. The molecule has 0 bridgehead atoms. The quantitative estimate of drug-likeness (QED) is 0.798. The number of hydrogen-bond donors (Lipinski definition) is 0. The summed E-state index contributed by atoms with van der Waals surface area (Å²) in [4.78, 5) is 13.8. The van der Waals surface area contributed by atoms with Gasteiger partial charge >= 0.3 is 6.18 Å². The Morgan fingerprint density at radius 1 is 1.32 bits per heavy atom. The minimum atomic E-state index is -4.52. The van der Waals surface area contributed by atoms with Crippen LogP contribution >= 0.6 is 11.6 Å². The van der Waals surface area contributed by atoms with Crippen molar-refractivity contribution in [2.75, 3.05) is 11.4 Å². The lowest BCUT2D eigenvalue weighted by molar-refractivity contribution is -0.137. The van der Waals surface area contributed by atoms with Gasteiger partial charge in [0.2, 0.25) is 0 Å². The van der Waals surface area contributed by atoms with Gasteiger partial charge in [-0.1, -0.05) is 11.6 Å². The van der Waals surface area contributed by atoms with Crippen LogP contribution in [0.15, 0.2) is 30.5 Å². The molecule has 0 spiro atoms. The van der Waals surface area contributed by atoms with E-state index in [9.17, 15) is 18.0 Å². The lowest BCUT2D eigenvalue weighted by Crippen LogP contribution is -2.42. The normalized spacial score (nSPS) is 18.5. The Morgan fingerprint density at radius 3 is 2.68 bits per heavy atom. The molecule has 0 radical (unpaired) electrons. The average molecular weight is 330 g/mol. The van der Waals surface area contributed by atoms with Gasteiger partial charge in [-0.2, -0.15) is 18.3 Å². The summed E-state index contributed by atoms with van der Waals surface area (Å²) < 4.78 is 39.8. The van der Waals surface area contributed by atoms with Gasteiger partial charge in [0.05, 0.1) is 16.6 Å². The molecule has 0 aliphatic carbocycles. The van der Waals surface area contributed by atoms with Crippen LogP contribution < -0.4 is 4.90 Å². The fourth-order valence-electron chi connectivity index (χ4n) is 2.52. The van der Waals surface area contributed by atoms with Crippen LogP contribution in [0.2, 0.25) is 5.02 Å². The van der Waals surface area contributed by atoms with Crippen molar-refractivity contribution >= 4 is 23.2 Å². The number of amides is 1. The Hall–Kier alpha value is -2.02. The second-order valence-electron chi connectivity index (χ2n) is 5.09. The first-order chi connectivity index (χ1) is 10.3. The van der Waals surface area contributed by atoms with E-state index in [0.717, 1.165) is 6.07 Å². The van der Waals surface area contributed by atoms with Crippen molar-refractivity contribution in [2.24, 2.45) is 0 Å². The van der Waals surface area contributed by atoms with Crippen LogP contribution in [0.4, 0.5) is 18.9 Å². The summed E-state index contributed by atoms with van der Waals surface area (Å²) in [5, 5.41) is 3.65. The number of carbonyl (C=O) groups excluding carboxylic acids is 1. The van der Waals surface area contributed by atoms with Crippen LogP contribution in [0.5, 0.6) is 0 Å². The number of hydrogen-bond acceptors (Lipinski definition) is 2. The minimum Gasteiger partial charge on any atom is -0.305 e. The summed E-state index contributed by atoms with van der Waals surface area (Å²) in [5.41, 5.74) is -0.183. The largest absolute Gasteiger partial charge is 0.417 e. The molecular formula is C14H11ClF3N3O. The number of rotatable bonds is 1. The molecule has 0 saturated carbocycles. The molecule has 1 aromatic heterocycles. The fourth-order valence-corrected chi connectivity index (χ4v) is 2.80. The maximum Gasteiger partial charge on any atom is 0.417 e. The number of alkyl halides is 3. The molecule has 0 N–H and O–H groups in total. The standard InChI is InChI=1S/C14H11ClF3N3O/c1-8-7-20(13(22)12-4-5-19-21(8)12)9-2-3-10(11(15)6-9)14(16,17)18/h2-6,8H,7H2,1H3/t8-/m0/s1. The molecule has 1 aliphatic heterocycles. The van der Waals surface area contributed by atoms with Gasteiger partial charge in [-0.25, -0.2) is 0 Å². The van der Waals surface area contributed by atoms with Gasteiger partial charge in [0, 0.05) is 18.4 Å². The lowest BCUT2D eigenvalue weighted by atomic mass is 10.1. The maximum atomic E-state index is 12.7. The Morgan fingerprint density at radius 2 is 2.05 bits per heavy atom. The van der Waals surface area contributed by atoms with Crippen LogP contribution in [0.3, 0.4) is 0 Å². The van der Waals surface area contributed by atoms with Crippen LogP contribution in [0, 0.1) is 0 Å². The van der Waals surface area contributed by atoms with E-state index >= 15 is 0 Å². The van der Waals surface area contributed by atoms with Gasteiger partial charge in [-0.05, 0) is 31.2 Å². The van der Waals surface area contributed by atoms with Crippen molar-refractivity contribution in [2.45, 2.75) is 19.1 Å². The minimum absolute atomic E-state index is 0.0798. The van der Waals surface area contributed by atoms with Crippen molar-refractivity contribution in [3.8, 4) is 0 Å². The first kappa shape index (κ1) is 14.9. The van der Waals surface area contributed by atoms with Crippen LogP contribution in [-0.4, -0.2) is 22.2 Å². The van der Waals surface area contributed by atoms with Crippen LogP contribution in [0.1, 0.15) is 29.0 Å². The zero-order valence-electron chi connectivity index (χ0n) is 11.4. The Balaban J connectivity index is 1.99. The summed E-state index contributed by atoms with van der Waals surface area (Å²) >= 11 is 5.72. The molecule has 1 atom stereocenters. The first-order valence-corrected chi connectivity index (χ1v) is 6.89. The van der Waals surface area contributed by atoms with Gasteiger partial charge in [0.1, 0.15) is 5.69 Å². The highest BCUT2D eigenvalue weighted by molar-refractivity contribution is 6.31. The second-order valence-corrected chi connectivity index (χ2v) is 5.49. The number of fused-ring (bicyclic) bond motifs is 1. The number of halogens is 4. The van der Waals surface area contributed by atoms with E-state index in [2.05, 4.69) is 5.10 Å². The molecule has 4 nitrogen and oxygen atoms in total. The monoisotopic (exact) mass is 329 g/mol. The van der Waals surface area contributed by atoms with Crippen molar-refractivity contribution in [3.63, 3.8) is 0 Å². The highest BCUT2D eigenvalue weighted by atomic mass is 35.5. The van der Waals surface area contributed by atoms with E-state index < -0.39 is 16.8 Å². The predicted molar refractivity (Wildman–Crippen MR) is 75.1 cm³/mol. The molecular weight excluding hydrogens is 319 g/mol. The van der Waals surface area contributed by atoms with Crippen LogP contribution in [0.25, 0.3) is 0 Å². The lowest BCUT2D eigenvalue weighted by Gasteiger charge is -2.32. The molecule has 116 valence electrons. The summed E-state index contributed by atoms with van der Waals surface area (Å²) in [6.45, 7) is 2.19. The molecule has 0 fully saturated rings. The summed E-state index contributed by atoms with van der Waals surface area (Å²) in [6.07, 6.45) is -3.00. The smallest absolute Gasteiger partial charge is 0.305 e. The number of aromatic nitrogens is 2. The maximum absolute atomic E-state index is 12.7. The molecule has 2 heterocycles. The Bertz CT molecular complexity index is 741. The topological polar surface area (TPSA) is 38.1 Å². The first-order valence-electron chi connectivity index (χ1n) is 6.51. The molecule has 0 unspecified atom stereocenters. The van der Waals surface area contributed by atoms with Crippen molar-refractivity contribution < 1.29 is 18.0 Å². The van der Waals surface area contributed by atoms with Crippen LogP contribution in [-0.2, 0) is 6.18 Å². The van der Waals surface area contributed by atoms with E-state index in [0.29, 0.717) is 17.9 Å². The van der Waals surface area contributed by atoms with E-state index in [1.165, 1.54) is 23.2 Å². The Labute approximate surface area is 129 Å². The van der Waals surface area contributed by atoms with Gasteiger partial charge in [0.25, 0.3) is 5.91 Å². The van der Waals surface area contributed by atoms with E-state index in [1.807, 2.05) is 6.92 Å². The Kier molecular flexibility index (Phi) is 3.40. The van der Waals surface area contributed by atoms with Crippen molar-refractivity contribution in [3.05, 3.63) is 46.7 Å². The predicted octanol–water partition coefficient (Wildman–Crippen LogP) is 3.78. The molecule has 2 aromatic rings. The third-order valence-electron chi connectivity index (χ3n) is 3.57. The number of carbonyl (C=O) groups is 1. The molecule has 3 rings (SSSR count). The summed E-state index contributed by atoms with van der Waals surface area (Å²) in [5.74, 6) is -0.313. The molecule has 8 heteroatoms. The zero-order chi connectivity index (χ0) is 16.1. The number of nitrogens with zero attached hydrogens (tertiary/aromatic N) is 3. The summed E-state index contributed by atoms with van der Waals surface area (Å²) in [6, 6.07) is 4.81. The second kappa shape index (κ2) is 5.01. The number of anilines is 1. The van der Waals surface area contributed by atoms with Crippen molar-refractivity contribution in [1.29, 1.82) is 0 Å². The molecule has 22 heavy (non-hydrogen) atoms. The third-order valence-corrected chi connectivity index (χ3v) is 3.88. The molecule has 1 amide bonds. The number of benzene rings is 1. The SMILES string of the molecule is C[C@H]1CN(c2ccc(C(F)(F)F)c(Cl)c2)C(=O)c2ccnn21. The van der Waals surface area contributed by atoms with E-state index in [-0.39, 0.29) is 11.9 Å². The van der Waals surface area contributed by atoms with E-state index in [1.54, 1.807) is 10.7 Å². The van der Waals surface area contributed by atoms with Gasteiger partial charge in [-0.15, -0.1) is 0 Å². The zero-order valence-corrected chi connectivity index (χ0v) is 12.2. The van der Waals surface area contributed by atoms with Gasteiger partial charge in [0.15, 0.2) is 0 Å². The fraction of sp³-hybridized carbons (Fsp3) is 0.286. The van der Waals surface area contributed by atoms with Crippen molar-refractivity contribution in [1.82, 2.24) is 9.78 Å². The van der Waals surface area contributed by atoms with Gasteiger partial charge in [-0.3, -0.25) is 9.48 Å². The molecule has 1 aliphatic rings. The highest BCUT2D eigenvalue weighted by Crippen LogP contribution is 2.37.